The Kier molecular flexibility index (Phi) is 8.20. The number of aromatic amines is 1. The normalized spacial score (nSPS) is 12.5. The molecule has 7 nitrogen and oxygen atoms in total. The molecule has 176 valence electrons. The predicted octanol–water partition coefficient (Wildman–Crippen LogP) is 6.12. The van der Waals surface area contributed by atoms with Crippen LogP contribution in [0.2, 0.25) is 0 Å². The van der Waals surface area contributed by atoms with Crippen molar-refractivity contribution in [3.63, 3.8) is 0 Å². The summed E-state index contributed by atoms with van der Waals surface area (Å²) in [5.74, 6) is 0.951. The van der Waals surface area contributed by atoms with Gasteiger partial charge in [0, 0.05) is 18.2 Å². The summed E-state index contributed by atoms with van der Waals surface area (Å²) in [6, 6.07) is 11.6. The molecule has 7 heteroatoms. The standard InChI is InChI=1S/C26H34N4O3/c1-5-19(31)12-7-6-8-14-22(30-25(32)33-26(2,3)4)24-27-17-23(29-24)21-16-15-18-11-9-10-13-20(18)28-21/h9-11,13,15-17,22H,5-8,12,14H2,1-4H3,(H,27,29)(H,30,32)/t22-/m0/s1. The SMILES string of the molecule is CCC(=O)CCCCC[C@H](NC(=O)OC(C)(C)C)c1ncc(-c2ccc3ccccc3n2)[nH]1. The number of carbonyl (C=O) groups excluding carboxylic acids is 2. The fraction of sp³-hybridized carbons (Fsp3) is 0.462. The molecule has 0 saturated heterocycles. The fourth-order valence-corrected chi connectivity index (χ4v) is 3.61. The fourth-order valence-electron chi connectivity index (χ4n) is 3.61. The summed E-state index contributed by atoms with van der Waals surface area (Å²) in [5, 5.41) is 4.03. The van der Waals surface area contributed by atoms with Crippen LogP contribution in [-0.2, 0) is 9.53 Å². The highest BCUT2D eigenvalue weighted by Crippen LogP contribution is 2.24. The summed E-state index contributed by atoms with van der Waals surface area (Å²) in [5.41, 5.74) is 1.91. The van der Waals surface area contributed by atoms with Crippen LogP contribution in [0.15, 0.2) is 42.6 Å². The van der Waals surface area contributed by atoms with E-state index in [1.165, 1.54) is 0 Å². The minimum absolute atomic E-state index is 0.289. The van der Waals surface area contributed by atoms with Gasteiger partial charge >= 0.3 is 6.09 Å². The third-order valence-corrected chi connectivity index (χ3v) is 5.33. The number of carbonyl (C=O) groups is 2. The third-order valence-electron chi connectivity index (χ3n) is 5.33. The number of ketones is 1. The molecule has 0 unspecified atom stereocenters. The van der Waals surface area contributed by atoms with Gasteiger partial charge in [-0.3, -0.25) is 4.79 Å². The van der Waals surface area contributed by atoms with Crippen molar-refractivity contribution >= 4 is 22.8 Å². The topological polar surface area (TPSA) is 97.0 Å². The van der Waals surface area contributed by atoms with Crippen molar-refractivity contribution in [1.29, 1.82) is 0 Å². The molecule has 3 aromatic rings. The van der Waals surface area contributed by atoms with Gasteiger partial charge in [-0.15, -0.1) is 0 Å². The molecule has 2 N–H and O–H groups in total. The Morgan fingerprint density at radius 3 is 2.64 bits per heavy atom. The molecular weight excluding hydrogens is 416 g/mol. The van der Waals surface area contributed by atoms with Crippen molar-refractivity contribution in [1.82, 2.24) is 20.3 Å². The van der Waals surface area contributed by atoms with E-state index in [2.05, 4.69) is 15.3 Å². The Balaban J connectivity index is 1.72. The average molecular weight is 451 g/mol. The van der Waals surface area contributed by atoms with E-state index in [1.54, 1.807) is 6.20 Å². The van der Waals surface area contributed by atoms with Crippen LogP contribution >= 0.6 is 0 Å². The summed E-state index contributed by atoms with van der Waals surface area (Å²) in [6.07, 6.45) is 5.79. The van der Waals surface area contributed by atoms with Gasteiger partial charge < -0.3 is 15.0 Å². The number of benzene rings is 1. The second-order valence-corrected chi connectivity index (χ2v) is 9.26. The largest absolute Gasteiger partial charge is 0.444 e. The van der Waals surface area contributed by atoms with Gasteiger partial charge in [0.25, 0.3) is 0 Å². The first-order chi connectivity index (χ1) is 15.7. The number of ether oxygens (including phenoxy) is 1. The number of alkyl carbamates (subject to hydrolysis) is 1. The smallest absolute Gasteiger partial charge is 0.408 e. The van der Waals surface area contributed by atoms with Crippen molar-refractivity contribution in [2.24, 2.45) is 0 Å². The Labute approximate surface area is 195 Å². The number of amides is 1. The number of H-pyrrole nitrogens is 1. The number of rotatable bonds is 10. The minimum Gasteiger partial charge on any atom is -0.444 e. The zero-order valence-corrected chi connectivity index (χ0v) is 20.0. The summed E-state index contributed by atoms with van der Waals surface area (Å²) < 4.78 is 5.45. The minimum atomic E-state index is -0.585. The lowest BCUT2D eigenvalue weighted by molar-refractivity contribution is -0.118. The third kappa shape index (κ3) is 7.41. The number of aromatic nitrogens is 3. The molecule has 33 heavy (non-hydrogen) atoms. The molecule has 0 bridgehead atoms. The molecule has 0 aliphatic rings. The number of fused-ring (bicyclic) bond motifs is 1. The number of Topliss-reactive ketones (excluding diaryl/α,β-unsaturated/α-hetero) is 1. The van der Waals surface area contributed by atoms with E-state index in [0.717, 1.165) is 41.6 Å². The maximum absolute atomic E-state index is 12.5. The van der Waals surface area contributed by atoms with E-state index >= 15 is 0 Å². The second-order valence-electron chi connectivity index (χ2n) is 9.26. The first-order valence-corrected chi connectivity index (χ1v) is 11.7. The lowest BCUT2D eigenvalue weighted by Gasteiger charge is -2.23. The molecule has 0 aliphatic heterocycles. The highest BCUT2D eigenvalue weighted by atomic mass is 16.6. The van der Waals surface area contributed by atoms with E-state index in [4.69, 9.17) is 9.72 Å². The van der Waals surface area contributed by atoms with Crippen LogP contribution in [0.25, 0.3) is 22.3 Å². The first kappa shape index (κ1) is 24.4. The van der Waals surface area contributed by atoms with E-state index in [0.29, 0.717) is 25.1 Å². The number of para-hydroxylation sites is 1. The molecule has 2 heterocycles. The number of nitrogens with zero attached hydrogens (tertiary/aromatic N) is 2. The Morgan fingerprint density at radius 2 is 1.88 bits per heavy atom. The number of unbranched alkanes of at least 4 members (excludes halogenated alkanes) is 2. The van der Waals surface area contributed by atoms with Gasteiger partial charge in [-0.1, -0.05) is 44.0 Å². The van der Waals surface area contributed by atoms with Crippen molar-refractivity contribution in [3.8, 4) is 11.4 Å². The molecule has 2 aromatic heterocycles. The van der Waals surface area contributed by atoms with E-state index in [9.17, 15) is 9.59 Å². The summed E-state index contributed by atoms with van der Waals surface area (Å²) in [7, 11) is 0. The van der Waals surface area contributed by atoms with Gasteiger partial charge in [0.15, 0.2) is 0 Å². The van der Waals surface area contributed by atoms with Crippen molar-refractivity contribution in [3.05, 3.63) is 48.4 Å². The van der Waals surface area contributed by atoms with E-state index in [-0.39, 0.29) is 11.8 Å². The molecule has 3 rings (SSSR count). The van der Waals surface area contributed by atoms with Gasteiger partial charge in [-0.25, -0.2) is 14.8 Å². The van der Waals surface area contributed by atoms with Gasteiger partial charge in [0.1, 0.15) is 17.2 Å². The van der Waals surface area contributed by atoms with Gasteiger partial charge in [-0.2, -0.15) is 0 Å². The number of pyridine rings is 1. The molecule has 0 fully saturated rings. The Morgan fingerprint density at radius 1 is 1.09 bits per heavy atom. The van der Waals surface area contributed by atoms with Crippen LogP contribution in [0.3, 0.4) is 0 Å². The lowest BCUT2D eigenvalue weighted by Crippen LogP contribution is -2.35. The van der Waals surface area contributed by atoms with Gasteiger partial charge in [0.05, 0.1) is 29.1 Å². The highest BCUT2D eigenvalue weighted by molar-refractivity contribution is 5.81. The molecule has 0 radical (unpaired) electrons. The highest BCUT2D eigenvalue weighted by Gasteiger charge is 2.22. The first-order valence-electron chi connectivity index (χ1n) is 11.7. The number of hydrogen-bond acceptors (Lipinski definition) is 5. The van der Waals surface area contributed by atoms with Crippen molar-refractivity contribution in [2.45, 2.75) is 77.9 Å². The molecule has 1 aromatic carbocycles. The maximum Gasteiger partial charge on any atom is 0.408 e. The Hall–Kier alpha value is -3.22. The Bertz CT molecular complexity index is 1080. The maximum atomic E-state index is 12.5. The molecule has 0 saturated carbocycles. The molecular formula is C26H34N4O3. The van der Waals surface area contributed by atoms with Gasteiger partial charge in [0.2, 0.25) is 0 Å². The number of hydrogen-bond donors (Lipinski definition) is 2. The van der Waals surface area contributed by atoms with Crippen LogP contribution < -0.4 is 5.32 Å². The van der Waals surface area contributed by atoms with Crippen LogP contribution in [-0.4, -0.2) is 32.4 Å². The molecule has 0 spiro atoms. The van der Waals surface area contributed by atoms with Crippen LogP contribution in [0.4, 0.5) is 4.79 Å². The average Bonchev–Trinajstić information content (AvgIpc) is 3.26. The van der Waals surface area contributed by atoms with Crippen LogP contribution in [0.1, 0.15) is 78.1 Å². The zero-order chi connectivity index (χ0) is 23.8. The summed E-state index contributed by atoms with van der Waals surface area (Å²) in [4.78, 5) is 36.6. The summed E-state index contributed by atoms with van der Waals surface area (Å²) >= 11 is 0. The molecule has 1 amide bonds. The quantitative estimate of drug-likeness (QED) is 0.363. The van der Waals surface area contributed by atoms with Crippen molar-refractivity contribution in [2.75, 3.05) is 0 Å². The van der Waals surface area contributed by atoms with Crippen LogP contribution in [0, 0.1) is 0 Å². The van der Waals surface area contributed by atoms with E-state index < -0.39 is 11.7 Å². The second kappa shape index (κ2) is 11.1. The molecule has 1 atom stereocenters. The summed E-state index contributed by atoms with van der Waals surface area (Å²) in [6.45, 7) is 7.40. The monoisotopic (exact) mass is 450 g/mol. The van der Waals surface area contributed by atoms with E-state index in [1.807, 2.05) is 64.1 Å². The van der Waals surface area contributed by atoms with Crippen LogP contribution in [0.5, 0.6) is 0 Å². The lowest BCUT2D eigenvalue weighted by atomic mass is 10.0. The van der Waals surface area contributed by atoms with Crippen molar-refractivity contribution < 1.29 is 14.3 Å². The predicted molar refractivity (Wildman–Crippen MR) is 130 cm³/mol. The van der Waals surface area contributed by atoms with Gasteiger partial charge in [-0.05, 0) is 45.7 Å². The zero-order valence-electron chi connectivity index (χ0n) is 20.0. The number of imidazole rings is 1. The molecule has 0 aliphatic carbocycles. The number of nitrogens with one attached hydrogen (secondary N) is 2.